The monoisotopic (exact) mass is 344 g/mol. The molecule has 0 bridgehead atoms. The molecule has 0 aliphatic heterocycles. The average Bonchev–Trinajstić information content (AvgIpc) is 2.60. The van der Waals surface area contributed by atoms with Crippen molar-refractivity contribution in [3.63, 3.8) is 0 Å². The Morgan fingerprint density at radius 1 is 1.24 bits per heavy atom. The van der Waals surface area contributed by atoms with Crippen LogP contribution in [0.4, 0.5) is 5.69 Å². The molecule has 0 spiro atoms. The number of rotatable bonds is 10. The minimum atomic E-state index is -0.328. The molecule has 0 aliphatic carbocycles. The summed E-state index contributed by atoms with van der Waals surface area (Å²) in [5.74, 6) is -0.163. The van der Waals surface area contributed by atoms with Gasteiger partial charge in [-0.2, -0.15) is 0 Å². The summed E-state index contributed by atoms with van der Waals surface area (Å²) in [7, 11) is 0. The van der Waals surface area contributed by atoms with Gasteiger partial charge in [0.2, 0.25) is 5.75 Å². The maximum absolute atomic E-state index is 12.8. The van der Waals surface area contributed by atoms with Crippen molar-refractivity contribution in [1.82, 2.24) is 4.57 Å². The van der Waals surface area contributed by atoms with Crippen molar-refractivity contribution in [2.24, 2.45) is 0 Å². The van der Waals surface area contributed by atoms with Gasteiger partial charge in [0.15, 0.2) is 5.75 Å². The van der Waals surface area contributed by atoms with Crippen LogP contribution in [0.5, 0.6) is 11.5 Å². The van der Waals surface area contributed by atoms with Crippen LogP contribution in [-0.4, -0.2) is 16.3 Å². The highest BCUT2D eigenvalue weighted by Gasteiger charge is 2.17. The zero-order valence-electron chi connectivity index (χ0n) is 15.0. The minimum absolute atomic E-state index is 0.0249. The number of nitrogens with zero attached hydrogens (tertiary/aromatic N) is 1. The van der Waals surface area contributed by atoms with E-state index < -0.39 is 0 Å². The molecule has 0 atom stereocenters. The van der Waals surface area contributed by atoms with Gasteiger partial charge in [0.25, 0.3) is 5.56 Å². The molecule has 5 heteroatoms. The molecular weight excluding hydrogens is 316 g/mol. The molecule has 0 radical (unpaired) electrons. The second-order valence-electron chi connectivity index (χ2n) is 6.28. The average molecular weight is 344 g/mol. The van der Waals surface area contributed by atoms with Crippen LogP contribution >= 0.6 is 0 Å². The van der Waals surface area contributed by atoms with Crippen LogP contribution in [0.3, 0.4) is 0 Å². The Kier molecular flexibility index (Phi) is 6.92. The Morgan fingerprint density at radius 3 is 2.68 bits per heavy atom. The zero-order chi connectivity index (χ0) is 18.2. The van der Waals surface area contributed by atoms with Gasteiger partial charge in [-0.1, -0.05) is 51.7 Å². The molecule has 1 heterocycles. The standard InChI is InChI=1S/C20H28N2O3/c1-3-5-6-7-8-9-12-22-17-14-15(21)10-11-16(17)18(23)19(20(22)24)25-13-4-2/h4,10-11,14,23H,2-3,5-9,12-13,21H2,1H3. The van der Waals surface area contributed by atoms with E-state index in [2.05, 4.69) is 13.5 Å². The SMILES string of the molecule is C=CCOc1c(O)c2ccc(N)cc2n(CCCCCCCC)c1=O. The van der Waals surface area contributed by atoms with Crippen LogP contribution in [0.2, 0.25) is 0 Å². The van der Waals surface area contributed by atoms with E-state index in [0.29, 0.717) is 23.1 Å². The normalized spacial score (nSPS) is 10.9. The summed E-state index contributed by atoms with van der Waals surface area (Å²) in [4.78, 5) is 12.8. The second kappa shape index (κ2) is 9.16. The highest BCUT2D eigenvalue weighted by molar-refractivity contribution is 5.89. The van der Waals surface area contributed by atoms with Crippen LogP contribution < -0.4 is 16.0 Å². The molecule has 2 aromatic rings. The molecule has 0 fully saturated rings. The zero-order valence-corrected chi connectivity index (χ0v) is 15.0. The molecule has 1 aromatic heterocycles. The molecule has 1 aromatic carbocycles. The molecule has 0 saturated heterocycles. The fourth-order valence-corrected chi connectivity index (χ4v) is 2.97. The van der Waals surface area contributed by atoms with Crippen molar-refractivity contribution in [2.75, 3.05) is 12.3 Å². The predicted molar refractivity (Wildman–Crippen MR) is 103 cm³/mol. The lowest BCUT2D eigenvalue weighted by molar-refractivity contribution is 0.329. The number of unbranched alkanes of at least 4 members (excludes halogenated alkanes) is 5. The van der Waals surface area contributed by atoms with Crippen molar-refractivity contribution >= 4 is 16.6 Å². The molecule has 5 nitrogen and oxygen atoms in total. The summed E-state index contributed by atoms with van der Waals surface area (Å²) >= 11 is 0. The lowest BCUT2D eigenvalue weighted by atomic mass is 10.1. The van der Waals surface area contributed by atoms with E-state index in [1.807, 2.05) is 0 Å². The topological polar surface area (TPSA) is 77.5 Å². The van der Waals surface area contributed by atoms with Gasteiger partial charge in [0.05, 0.1) is 5.52 Å². The number of aromatic hydroxyl groups is 1. The van der Waals surface area contributed by atoms with Gasteiger partial charge in [-0.25, -0.2) is 0 Å². The first kappa shape index (κ1) is 18.9. The van der Waals surface area contributed by atoms with E-state index >= 15 is 0 Å². The summed E-state index contributed by atoms with van der Waals surface area (Å²) in [5.41, 5.74) is 6.75. The number of nitrogen functional groups attached to an aromatic ring is 1. The number of hydrogen-bond donors (Lipinski definition) is 2. The number of nitrogens with two attached hydrogens (primary N) is 1. The first-order chi connectivity index (χ1) is 12.1. The van der Waals surface area contributed by atoms with E-state index in [9.17, 15) is 9.90 Å². The third kappa shape index (κ3) is 4.56. The van der Waals surface area contributed by atoms with E-state index in [4.69, 9.17) is 10.5 Å². The molecule has 0 amide bonds. The third-order valence-electron chi connectivity index (χ3n) is 4.30. The van der Waals surface area contributed by atoms with Crippen molar-refractivity contribution in [2.45, 2.75) is 52.0 Å². The number of anilines is 1. The number of aromatic nitrogens is 1. The number of aryl methyl sites for hydroxylation is 1. The quantitative estimate of drug-likeness (QED) is 0.384. The molecular formula is C20H28N2O3. The maximum Gasteiger partial charge on any atom is 0.297 e. The Labute approximate surface area is 148 Å². The molecule has 2 rings (SSSR count). The van der Waals surface area contributed by atoms with Gasteiger partial charge in [-0.15, -0.1) is 0 Å². The van der Waals surface area contributed by atoms with E-state index in [0.717, 1.165) is 12.8 Å². The van der Waals surface area contributed by atoms with Crippen molar-refractivity contribution in [3.8, 4) is 11.5 Å². The highest BCUT2D eigenvalue weighted by Crippen LogP contribution is 2.32. The molecule has 3 N–H and O–H groups in total. The fraction of sp³-hybridized carbons (Fsp3) is 0.450. The van der Waals surface area contributed by atoms with E-state index in [-0.39, 0.29) is 23.7 Å². The first-order valence-electron chi connectivity index (χ1n) is 8.98. The van der Waals surface area contributed by atoms with Crippen LogP contribution in [0.25, 0.3) is 10.9 Å². The maximum atomic E-state index is 12.8. The molecule has 25 heavy (non-hydrogen) atoms. The van der Waals surface area contributed by atoms with Crippen LogP contribution in [-0.2, 0) is 6.54 Å². The number of fused-ring (bicyclic) bond motifs is 1. The van der Waals surface area contributed by atoms with Crippen LogP contribution in [0.1, 0.15) is 45.4 Å². The van der Waals surface area contributed by atoms with Gasteiger partial charge in [0.1, 0.15) is 6.61 Å². The third-order valence-corrected chi connectivity index (χ3v) is 4.30. The van der Waals surface area contributed by atoms with E-state index in [1.54, 1.807) is 28.8 Å². The fourth-order valence-electron chi connectivity index (χ4n) is 2.97. The van der Waals surface area contributed by atoms with Gasteiger partial charge >= 0.3 is 0 Å². The Hall–Kier alpha value is -2.43. The number of hydrogen-bond acceptors (Lipinski definition) is 4. The number of pyridine rings is 1. The summed E-state index contributed by atoms with van der Waals surface area (Å²) in [6.45, 7) is 6.52. The van der Waals surface area contributed by atoms with Crippen LogP contribution in [0.15, 0.2) is 35.6 Å². The minimum Gasteiger partial charge on any atom is -0.504 e. The van der Waals surface area contributed by atoms with Crippen molar-refractivity contribution in [3.05, 3.63) is 41.2 Å². The highest BCUT2D eigenvalue weighted by atomic mass is 16.5. The molecule has 0 aliphatic rings. The van der Waals surface area contributed by atoms with Crippen molar-refractivity contribution in [1.29, 1.82) is 0 Å². The van der Waals surface area contributed by atoms with Crippen molar-refractivity contribution < 1.29 is 9.84 Å². The molecule has 0 saturated carbocycles. The summed E-state index contributed by atoms with van der Waals surface area (Å²) in [6.07, 6.45) is 8.37. The smallest absolute Gasteiger partial charge is 0.297 e. The molecule has 136 valence electrons. The van der Waals surface area contributed by atoms with Crippen LogP contribution in [0, 0.1) is 0 Å². The second-order valence-corrected chi connectivity index (χ2v) is 6.28. The Morgan fingerprint density at radius 2 is 1.96 bits per heavy atom. The summed E-state index contributed by atoms with van der Waals surface area (Å²) in [6, 6.07) is 5.15. The number of benzene rings is 1. The predicted octanol–water partition coefficient (Wildman–Crippen LogP) is 4.21. The number of ether oxygens (including phenoxy) is 1. The summed E-state index contributed by atoms with van der Waals surface area (Å²) in [5, 5.41) is 11.0. The largest absolute Gasteiger partial charge is 0.504 e. The van der Waals surface area contributed by atoms with Gasteiger partial charge < -0.3 is 20.1 Å². The lowest BCUT2D eigenvalue weighted by Gasteiger charge is -2.15. The Balaban J connectivity index is 2.33. The van der Waals surface area contributed by atoms with Gasteiger partial charge in [-0.05, 0) is 24.6 Å². The first-order valence-corrected chi connectivity index (χ1v) is 8.98. The molecule has 0 unspecified atom stereocenters. The Bertz CT molecular complexity index is 781. The lowest BCUT2D eigenvalue weighted by Crippen LogP contribution is -2.23. The van der Waals surface area contributed by atoms with Gasteiger partial charge in [-0.3, -0.25) is 4.79 Å². The summed E-state index contributed by atoms with van der Waals surface area (Å²) < 4.78 is 7.08. The van der Waals surface area contributed by atoms with Gasteiger partial charge in [0, 0.05) is 17.6 Å². The van der Waals surface area contributed by atoms with E-state index in [1.165, 1.54) is 25.7 Å².